The largest absolute Gasteiger partial charge is 0.504 e. The molecule has 11 nitrogen and oxygen atoms in total. The molecule has 0 bridgehead atoms. The number of hydrogen-bond acceptors (Lipinski definition) is 10. The summed E-state index contributed by atoms with van der Waals surface area (Å²) in [5, 5.41) is 3.52. The molecule has 1 saturated heterocycles. The number of carbonyl (C=O) groups is 2. The Kier molecular flexibility index (Phi) is 11.8. The molecule has 40 heavy (non-hydrogen) atoms. The zero-order valence-electron chi connectivity index (χ0n) is 24.7. The zero-order chi connectivity index (χ0) is 30.0. The van der Waals surface area contributed by atoms with Gasteiger partial charge in [-0.15, -0.1) is 11.3 Å². The highest BCUT2D eigenvalue weighted by Crippen LogP contribution is 2.29. The lowest BCUT2D eigenvalue weighted by Gasteiger charge is -2.32. The van der Waals surface area contributed by atoms with Gasteiger partial charge in [0.2, 0.25) is 5.95 Å². The summed E-state index contributed by atoms with van der Waals surface area (Å²) in [4.78, 5) is 36.6. The van der Waals surface area contributed by atoms with Gasteiger partial charge in [-0.3, -0.25) is 4.79 Å². The maximum absolute atomic E-state index is 12.3. The fourth-order valence-corrected chi connectivity index (χ4v) is 4.71. The van der Waals surface area contributed by atoms with E-state index in [9.17, 15) is 9.59 Å². The number of nitrogens with one attached hydrogen (secondary N) is 1. The molecule has 0 aliphatic carbocycles. The standard InChI is InChI=1S/C28H42N6O5S/c1-9-19(16-21(38-8)12-15-37-7)23-17(2)22(29)24(25(30)35)40-18(3)31-26(33-23)34-13-10-20(11-14-34)32-27(36)39-28(4,5)6/h9,12,15-16,20H,10-11,13-14,29H2,1-8H3,(H2,30,35)(H,32,36)/b15-12+,19-9+,21-16+,23-17?,24-22?,31-18?,33-26?. The number of ether oxygens (including phenoxy) is 3. The number of nitrogen functional groups attached to an aromatic ring is 1. The predicted molar refractivity (Wildman–Crippen MR) is 159 cm³/mol. The van der Waals surface area contributed by atoms with Crippen LogP contribution in [0.5, 0.6) is 0 Å². The van der Waals surface area contributed by atoms with Crippen LogP contribution in [0, 0.1) is 13.8 Å². The lowest BCUT2D eigenvalue weighted by molar-refractivity contribution is 0.0497. The van der Waals surface area contributed by atoms with Crippen molar-refractivity contribution < 1.29 is 23.8 Å². The molecule has 1 aliphatic heterocycles. The van der Waals surface area contributed by atoms with Gasteiger partial charge in [0.15, 0.2) is 0 Å². The minimum absolute atomic E-state index is 0.0381. The number of piperidine rings is 1. The van der Waals surface area contributed by atoms with Gasteiger partial charge in [-0.05, 0) is 66.0 Å². The number of allylic oxidation sites excluding steroid dienone is 4. The molecule has 220 valence electrons. The first-order chi connectivity index (χ1) is 18.8. The van der Waals surface area contributed by atoms with Crippen molar-refractivity contribution in [2.45, 2.75) is 66.0 Å². The van der Waals surface area contributed by atoms with Crippen molar-refractivity contribution in [2.75, 3.05) is 37.9 Å². The van der Waals surface area contributed by atoms with Crippen LogP contribution in [0.15, 0.2) is 30.2 Å². The maximum Gasteiger partial charge on any atom is 0.407 e. The third kappa shape index (κ3) is 9.44. The van der Waals surface area contributed by atoms with Gasteiger partial charge in [-0.2, -0.15) is 0 Å². The Bertz CT molecular complexity index is 1220. The second kappa shape index (κ2) is 14.5. The van der Waals surface area contributed by atoms with Gasteiger partial charge in [0.05, 0.1) is 36.9 Å². The van der Waals surface area contributed by atoms with Crippen molar-refractivity contribution >= 4 is 40.5 Å². The van der Waals surface area contributed by atoms with Crippen LogP contribution >= 0.6 is 11.3 Å². The number of nitrogens with zero attached hydrogens (tertiary/aromatic N) is 3. The number of rotatable bonds is 8. The van der Waals surface area contributed by atoms with E-state index in [1.54, 1.807) is 40.2 Å². The average Bonchev–Trinajstić information content (AvgIpc) is 2.92. The van der Waals surface area contributed by atoms with Gasteiger partial charge >= 0.3 is 6.09 Å². The summed E-state index contributed by atoms with van der Waals surface area (Å²) >= 11 is 1.11. The number of primary amides is 1. The van der Waals surface area contributed by atoms with Crippen molar-refractivity contribution in [3.8, 4) is 0 Å². The van der Waals surface area contributed by atoms with E-state index in [1.165, 1.54) is 6.26 Å². The number of amides is 2. The van der Waals surface area contributed by atoms with Crippen molar-refractivity contribution in [2.24, 2.45) is 5.73 Å². The second-order valence-corrected chi connectivity index (χ2v) is 11.4. The van der Waals surface area contributed by atoms with Crippen molar-refractivity contribution in [3.05, 3.63) is 51.4 Å². The van der Waals surface area contributed by atoms with E-state index in [4.69, 9.17) is 35.6 Å². The summed E-state index contributed by atoms with van der Waals surface area (Å²) in [6.45, 7) is 12.1. The molecule has 1 aromatic heterocycles. The van der Waals surface area contributed by atoms with Crippen LogP contribution in [-0.2, 0) is 14.2 Å². The van der Waals surface area contributed by atoms with Crippen LogP contribution in [0.1, 0.15) is 66.5 Å². The number of methoxy groups -OCH3 is 2. The highest BCUT2D eigenvalue weighted by molar-refractivity contribution is 7.13. The van der Waals surface area contributed by atoms with E-state index in [0.717, 1.165) is 11.3 Å². The highest BCUT2D eigenvalue weighted by atomic mass is 32.1. The minimum atomic E-state index is -0.647. The molecule has 0 saturated carbocycles. The number of carbonyl (C=O) groups excluding carboxylic acids is 2. The van der Waals surface area contributed by atoms with E-state index >= 15 is 0 Å². The third-order valence-electron chi connectivity index (χ3n) is 5.93. The molecule has 0 aromatic carbocycles. The first-order valence-corrected chi connectivity index (χ1v) is 13.8. The molecule has 0 unspecified atom stereocenters. The van der Waals surface area contributed by atoms with Crippen LogP contribution in [0.3, 0.4) is 0 Å². The van der Waals surface area contributed by atoms with E-state index in [2.05, 4.69) is 10.2 Å². The van der Waals surface area contributed by atoms with Crippen LogP contribution in [0.4, 0.5) is 16.4 Å². The fourth-order valence-electron chi connectivity index (χ4n) is 3.93. The molecule has 1 aliphatic rings. The van der Waals surface area contributed by atoms with Gasteiger partial charge < -0.3 is 35.9 Å². The zero-order valence-corrected chi connectivity index (χ0v) is 25.5. The summed E-state index contributed by atoms with van der Waals surface area (Å²) in [6.07, 6.45) is 7.77. The Labute approximate surface area is 240 Å². The predicted octanol–water partition coefficient (Wildman–Crippen LogP) is 4.55. The van der Waals surface area contributed by atoms with Gasteiger partial charge in [0.25, 0.3) is 5.91 Å². The maximum atomic E-state index is 12.3. The second-order valence-electron chi connectivity index (χ2n) is 10.2. The smallest absolute Gasteiger partial charge is 0.407 e. The molecule has 2 heterocycles. The Balaban J connectivity index is 2.61. The average molecular weight is 575 g/mol. The van der Waals surface area contributed by atoms with Crippen molar-refractivity contribution in [3.63, 3.8) is 0 Å². The monoisotopic (exact) mass is 574 g/mol. The van der Waals surface area contributed by atoms with Crippen LogP contribution < -0.4 is 21.7 Å². The quantitative estimate of drug-likeness (QED) is 0.300. The summed E-state index contributed by atoms with van der Waals surface area (Å²) in [5.74, 6) is 0.340. The fraction of sp³-hybridized carbons (Fsp3) is 0.500. The molecule has 1 aromatic rings. The van der Waals surface area contributed by atoms with Crippen molar-refractivity contribution in [1.29, 1.82) is 0 Å². The van der Waals surface area contributed by atoms with E-state index in [0.29, 0.717) is 59.5 Å². The van der Waals surface area contributed by atoms with Gasteiger partial charge in [0.1, 0.15) is 16.2 Å². The van der Waals surface area contributed by atoms with Crippen LogP contribution in [-0.4, -0.2) is 60.9 Å². The number of alkyl carbamates (subject to hydrolysis) is 1. The third-order valence-corrected chi connectivity index (χ3v) is 6.94. The Morgan fingerprint density at radius 3 is 2.33 bits per heavy atom. The van der Waals surface area contributed by atoms with E-state index < -0.39 is 17.6 Å². The minimum Gasteiger partial charge on any atom is -0.504 e. The molecular weight excluding hydrogens is 532 g/mol. The number of hydrogen-bond donors (Lipinski definition) is 3. The molecule has 2 amide bonds. The summed E-state index contributed by atoms with van der Waals surface area (Å²) in [5.41, 5.74) is 13.6. The van der Waals surface area contributed by atoms with E-state index in [-0.39, 0.29) is 16.6 Å². The van der Waals surface area contributed by atoms with Crippen LogP contribution in [0.2, 0.25) is 0 Å². The molecule has 5 N–H and O–H groups in total. The topological polar surface area (TPSA) is 155 Å². The molecule has 1 fully saturated rings. The van der Waals surface area contributed by atoms with Crippen molar-refractivity contribution in [1.82, 2.24) is 15.3 Å². The molecule has 0 spiro atoms. The lowest BCUT2D eigenvalue weighted by atomic mass is 10.0. The molecular formula is C28H42N6O5S. The summed E-state index contributed by atoms with van der Waals surface area (Å²) in [7, 11) is 3.10. The molecule has 0 atom stereocenters. The Morgan fingerprint density at radius 2 is 1.80 bits per heavy atom. The van der Waals surface area contributed by atoms with E-state index in [1.807, 2.05) is 33.8 Å². The summed E-state index contributed by atoms with van der Waals surface area (Å²) < 4.78 is 15.9. The number of aromatic nitrogens is 2. The van der Waals surface area contributed by atoms with Gasteiger partial charge in [-0.1, -0.05) is 6.08 Å². The SMILES string of the molecule is C\C=C(/C=C(\C=C\OC)OC)c1nc(N2CCC(NC(=O)OC(C)(C)C)CC2)nc(C)sc(C(N)=O)c(N)c1C. The number of anilines is 2. The first-order valence-electron chi connectivity index (χ1n) is 13.0. The Hall–Kier alpha value is -3.80. The van der Waals surface area contributed by atoms with Gasteiger partial charge in [-0.25, -0.2) is 14.8 Å². The summed E-state index contributed by atoms with van der Waals surface area (Å²) in [6, 6.07) is -0.0381. The highest BCUT2D eigenvalue weighted by Gasteiger charge is 2.25. The molecule has 2 rings (SSSR count). The molecule has 12 heteroatoms. The molecule has 0 radical (unpaired) electrons. The number of nitrogens with two attached hydrogens (primary N) is 2. The van der Waals surface area contributed by atoms with Gasteiger partial charge in [0, 0.05) is 30.8 Å². The lowest BCUT2D eigenvalue weighted by Crippen LogP contribution is -2.46. The first kappa shape index (κ1) is 32.4. The normalized spacial score (nSPS) is 15.1. The van der Waals surface area contributed by atoms with Crippen LogP contribution in [0.25, 0.3) is 5.57 Å². The number of aryl methyl sites for hydroxylation is 1. The Morgan fingerprint density at radius 1 is 1.15 bits per heavy atom.